The number of carboxylic acids is 1. The zero-order valence-electron chi connectivity index (χ0n) is 12.2. The van der Waals surface area contributed by atoms with Crippen LogP contribution in [0, 0.1) is 11.3 Å². The average molecular weight is 272 g/mol. The highest BCUT2D eigenvalue weighted by Gasteiger charge is 2.22. The molecule has 0 radical (unpaired) electrons. The molecular weight excluding hydrogens is 248 g/mol. The molecule has 0 aliphatic carbocycles. The molecule has 0 aromatic rings. The van der Waals surface area contributed by atoms with Crippen molar-refractivity contribution in [3.63, 3.8) is 0 Å². The molecule has 0 aliphatic rings. The number of urea groups is 1. The quantitative estimate of drug-likeness (QED) is 0.710. The van der Waals surface area contributed by atoms with Crippen molar-refractivity contribution in [2.45, 2.75) is 53.5 Å². The number of carboxylic acid groups (broad SMARTS) is 1. The molecule has 110 valence electrons. The van der Waals surface area contributed by atoms with Gasteiger partial charge in [0.1, 0.15) is 0 Å². The largest absolute Gasteiger partial charge is 0.481 e. The van der Waals surface area contributed by atoms with Crippen LogP contribution in [0.15, 0.2) is 0 Å². The van der Waals surface area contributed by atoms with Gasteiger partial charge in [-0.05, 0) is 18.3 Å². The fourth-order valence-electron chi connectivity index (χ4n) is 1.31. The Kier molecular flexibility index (Phi) is 6.52. The van der Waals surface area contributed by atoms with Gasteiger partial charge < -0.3 is 10.4 Å². The van der Waals surface area contributed by atoms with E-state index in [-0.39, 0.29) is 30.2 Å². The minimum absolute atomic E-state index is 0.0175. The second kappa shape index (κ2) is 7.11. The molecule has 6 nitrogen and oxygen atoms in total. The molecule has 0 aromatic heterocycles. The predicted octanol–water partition coefficient (Wildman–Crippen LogP) is 1.75. The molecule has 19 heavy (non-hydrogen) atoms. The lowest BCUT2D eigenvalue weighted by atomic mass is 9.88. The molecule has 0 bridgehead atoms. The summed E-state index contributed by atoms with van der Waals surface area (Å²) in [6.07, 6.45) is -0.0724. The van der Waals surface area contributed by atoms with E-state index >= 15 is 0 Å². The summed E-state index contributed by atoms with van der Waals surface area (Å²) in [4.78, 5) is 33.5. The van der Waals surface area contributed by atoms with Gasteiger partial charge in [0.2, 0.25) is 5.91 Å². The molecule has 0 aromatic carbocycles. The van der Waals surface area contributed by atoms with Gasteiger partial charge in [-0.3, -0.25) is 14.9 Å². The molecule has 0 rings (SSSR count). The van der Waals surface area contributed by atoms with Crippen LogP contribution in [0.1, 0.15) is 47.5 Å². The van der Waals surface area contributed by atoms with Crippen LogP contribution in [-0.4, -0.2) is 29.1 Å². The SMILES string of the molecule is CC(CC(=O)O)CC(=O)NC(=O)NC(C)C(C)(C)C. The highest BCUT2D eigenvalue weighted by atomic mass is 16.4. The molecule has 0 saturated heterocycles. The number of carbonyl (C=O) groups is 3. The Morgan fingerprint density at radius 3 is 2.05 bits per heavy atom. The first kappa shape index (κ1) is 17.4. The Hall–Kier alpha value is -1.59. The lowest BCUT2D eigenvalue weighted by Crippen LogP contribution is -2.48. The van der Waals surface area contributed by atoms with Crippen molar-refractivity contribution in [1.29, 1.82) is 0 Å². The van der Waals surface area contributed by atoms with E-state index in [1.54, 1.807) is 6.92 Å². The third-order valence-corrected chi connectivity index (χ3v) is 2.96. The molecule has 3 amide bonds. The lowest BCUT2D eigenvalue weighted by Gasteiger charge is -2.27. The summed E-state index contributed by atoms with van der Waals surface area (Å²) in [6, 6.07) is -0.633. The summed E-state index contributed by atoms with van der Waals surface area (Å²) in [5, 5.41) is 13.5. The van der Waals surface area contributed by atoms with Crippen molar-refractivity contribution in [3.8, 4) is 0 Å². The van der Waals surface area contributed by atoms with E-state index in [1.165, 1.54) is 0 Å². The zero-order valence-corrected chi connectivity index (χ0v) is 12.2. The third-order valence-electron chi connectivity index (χ3n) is 2.96. The number of nitrogens with one attached hydrogen (secondary N) is 2. The summed E-state index contributed by atoms with van der Waals surface area (Å²) in [7, 11) is 0. The summed E-state index contributed by atoms with van der Waals surface area (Å²) in [5.74, 6) is -1.72. The van der Waals surface area contributed by atoms with Crippen LogP contribution < -0.4 is 10.6 Å². The second-order valence-electron chi connectivity index (χ2n) is 6.02. The summed E-state index contributed by atoms with van der Waals surface area (Å²) in [5.41, 5.74) is -0.100. The monoisotopic (exact) mass is 272 g/mol. The summed E-state index contributed by atoms with van der Waals surface area (Å²) in [6.45, 7) is 9.46. The molecule has 0 spiro atoms. The number of imide groups is 1. The maximum Gasteiger partial charge on any atom is 0.321 e. The van der Waals surface area contributed by atoms with E-state index in [9.17, 15) is 14.4 Å². The van der Waals surface area contributed by atoms with Crippen molar-refractivity contribution in [3.05, 3.63) is 0 Å². The van der Waals surface area contributed by atoms with Gasteiger partial charge in [0.25, 0.3) is 0 Å². The zero-order chi connectivity index (χ0) is 15.2. The number of hydrogen-bond donors (Lipinski definition) is 3. The van der Waals surface area contributed by atoms with Gasteiger partial charge in [0.15, 0.2) is 0 Å². The molecule has 0 aliphatic heterocycles. The minimum atomic E-state index is -0.953. The van der Waals surface area contributed by atoms with Crippen LogP contribution in [0.5, 0.6) is 0 Å². The first-order chi connectivity index (χ1) is 8.52. The Balaban J connectivity index is 4.13. The van der Waals surface area contributed by atoms with Crippen LogP contribution >= 0.6 is 0 Å². The molecule has 6 heteroatoms. The second-order valence-corrected chi connectivity index (χ2v) is 6.02. The van der Waals surface area contributed by atoms with E-state index in [2.05, 4.69) is 10.6 Å². The van der Waals surface area contributed by atoms with Gasteiger partial charge in [-0.25, -0.2) is 4.79 Å². The predicted molar refractivity (Wildman–Crippen MR) is 71.6 cm³/mol. The van der Waals surface area contributed by atoms with Crippen molar-refractivity contribution in [2.24, 2.45) is 11.3 Å². The maximum atomic E-state index is 11.6. The van der Waals surface area contributed by atoms with Crippen molar-refractivity contribution < 1.29 is 19.5 Å². The van der Waals surface area contributed by atoms with Crippen molar-refractivity contribution in [1.82, 2.24) is 10.6 Å². The normalized spacial score (nSPS) is 14.4. The highest BCUT2D eigenvalue weighted by molar-refractivity contribution is 5.94. The van der Waals surface area contributed by atoms with Gasteiger partial charge in [-0.15, -0.1) is 0 Å². The van der Waals surface area contributed by atoms with Gasteiger partial charge in [-0.1, -0.05) is 27.7 Å². The Bertz CT molecular complexity index is 347. The summed E-state index contributed by atoms with van der Waals surface area (Å²) >= 11 is 0. The minimum Gasteiger partial charge on any atom is -0.481 e. The van der Waals surface area contributed by atoms with Gasteiger partial charge in [0, 0.05) is 18.9 Å². The van der Waals surface area contributed by atoms with Gasteiger partial charge >= 0.3 is 12.0 Å². The molecule has 0 heterocycles. The highest BCUT2D eigenvalue weighted by Crippen LogP contribution is 2.18. The first-order valence-electron chi connectivity index (χ1n) is 6.34. The van der Waals surface area contributed by atoms with Crippen molar-refractivity contribution in [2.75, 3.05) is 0 Å². The van der Waals surface area contributed by atoms with E-state index in [0.29, 0.717) is 0 Å². The molecular formula is C13H24N2O4. The van der Waals surface area contributed by atoms with Crippen LogP contribution in [0.25, 0.3) is 0 Å². The number of carbonyl (C=O) groups excluding carboxylic acids is 2. The fraction of sp³-hybridized carbons (Fsp3) is 0.769. The maximum absolute atomic E-state index is 11.6. The molecule has 0 fully saturated rings. The lowest BCUT2D eigenvalue weighted by molar-refractivity contribution is -0.138. The molecule has 2 atom stereocenters. The van der Waals surface area contributed by atoms with Crippen molar-refractivity contribution >= 4 is 17.9 Å². The van der Waals surface area contributed by atoms with E-state index < -0.39 is 17.9 Å². The number of rotatable bonds is 5. The Labute approximate surface area is 113 Å². The molecule has 3 N–H and O–H groups in total. The van der Waals surface area contributed by atoms with Crippen LogP contribution in [0.3, 0.4) is 0 Å². The van der Waals surface area contributed by atoms with Crippen LogP contribution in [0.2, 0.25) is 0 Å². The standard InChI is InChI=1S/C13H24N2O4/c1-8(7-11(17)18)6-10(16)15-12(19)14-9(2)13(3,4)5/h8-9H,6-7H2,1-5H3,(H,17,18)(H2,14,15,16,19). The smallest absolute Gasteiger partial charge is 0.321 e. The third kappa shape index (κ3) is 8.18. The summed E-state index contributed by atoms with van der Waals surface area (Å²) < 4.78 is 0. The number of hydrogen-bond acceptors (Lipinski definition) is 3. The van der Waals surface area contributed by atoms with Crippen LogP contribution in [-0.2, 0) is 9.59 Å². The average Bonchev–Trinajstić information content (AvgIpc) is 2.12. The fourth-order valence-corrected chi connectivity index (χ4v) is 1.31. The molecule has 0 saturated carbocycles. The Morgan fingerprint density at radius 2 is 1.63 bits per heavy atom. The van der Waals surface area contributed by atoms with Gasteiger partial charge in [-0.2, -0.15) is 0 Å². The van der Waals surface area contributed by atoms with E-state index in [0.717, 1.165) is 0 Å². The van der Waals surface area contributed by atoms with Gasteiger partial charge in [0.05, 0.1) is 0 Å². The molecule has 2 unspecified atom stereocenters. The Morgan fingerprint density at radius 1 is 1.11 bits per heavy atom. The first-order valence-corrected chi connectivity index (χ1v) is 6.34. The topological polar surface area (TPSA) is 95.5 Å². The number of aliphatic carboxylic acids is 1. The number of amides is 3. The van der Waals surface area contributed by atoms with E-state index in [1.807, 2.05) is 27.7 Å². The van der Waals surface area contributed by atoms with Crippen LogP contribution in [0.4, 0.5) is 4.79 Å². The van der Waals surface area contributed by atoms with E-state index in [4.69, 9.17) is 5.11 Å².